The lowest BCUT2D eigenvalue weighted by atomic mass is 10.3. The maximum atomic E-state index is 12.5. The van der Waals surface area contributed by atoms with Crippen molar-refractivity contribution in [2.75, 3.05) is 5.09 Å². The normalized spacial score (nSPS) is 13.3. The first-order chi connectivity index (χ1) is 9.11. The van der Waals surface area contributed by atoms with E-state index in [2.05, 4.69) is 11.7 Å². The molecule has 0 saturated heterocycles. The van der Waals surface area contributed by atoms with Gasteiger partial charge in [0, 0.05) is 11.5 Å². The van der Waals surface area contributed by atoms with Gasteiger partial charge in [-0.25, -0.2) is 4.57 Å². The van der Waals surface area contributed by atoms with E-state index >= 15 is 0 Å². The van der Waals surface area contributed by atoms with E-state index in [1.54, 1.807) is 12.1 Å². The summed E-state index contributed by atoms with van der Waals surface area (Å²) < 4.78 is 17.9. The zero-order valence-electron chi connectivity index (χ0n) is 10.2. The van der Waals surface area contributed by atoms with E-state index in [-0.39, 0.29) is 5.75 Å². The van der Waals surface area contributed by atoms with Crippen LogP contribution in [0.3, 0.4) is 0 Å². The Bertz CT molecular complexity index is 596. The van der Waals surface area contributed by atoms with Crippen molar-refractivity contribution in [3.63, 3.8) is 0 Å². The number of benzene rings is 2. The first-order valence-corrected chi connectivity index (χ1v) is 7.36. The number of anilines is 1. The maximum Gasteiger partial charge on any atom is 0.363 e. The van der Waals surface area contributed by atoms with E-state index in [9.17, 15) is 9.67 Å². The SMILES string of the molecule is C=CP(=O)(Nc1ccccc1)Oc1ccc(O)cc1. The summed E-state index contributed by atoms with van der Waals surface area (Å²) in [4.78, 5) is 0. The Hall–Kier alpha value is -2.19. The molecule has 0 saturated carbocycles. The van der Waals surface area contributed by atoms with Crippen molar-refractivity contribution in [3.05, 3.63) is 67.0 Å². The van der Waals surface area contributed by atoms with Gasteiger partial charge in [0.05, 0.1) is 0 Å². The molecule has 0 fully saturated rings. The highest BCUT2D eigenvalue weighted by Crippen LogP contribution is 2.47. The molecule has 0 aliphatic rings. The van der Waals surface area contributed by atoms with Crippen LogP contribution in [0.1, 0.15) is 0 Å². The Morgan fingerprint density at radius 3 is 2.32 bits per heavy atom. The van der Waals surface area contributed by atoms with E-state index in [1.165, 1.54) is 30.1 Å². The van der Waals surface area contributed by atoms with Crippen LogP contribution in [-0.4, -0.2) is 5.11 Å². The number of phenols is 1. The molecule has 4 nitrogen and oxygen atoms in total. The molecule has 0 radical (unpaired) electrons. The third-order valence-electron chi connectivity index (χ3n) is 2.38. The van der Waals surface area contributed by atoms with Crippen LogP contribution < -0.4 is 9.61 Å². The largest absolute Gasteiger partial charge is 0.508 e. The molecule has 0 bridgehead atoms. The Morgan fingerprint density at radius 2 is 1.74 bits per heavy atom. The molecule has 0 aliphatic carbocycles. The highest BCUT2D eigenvalue weighted by Gasteiger charge is 2.20. The fourth-order valence-corrected chi connectivity index (χ4v) is 2.62. The zero-order chi connectivity index (χ0) is 13.7. The molecule has 0 aliphatic heterocycles. The lowest BCUT2D eigenvalue weighted by Gasteiger charge is -2.18. The minimum atomic E-state index is -3.23. The summed E-state index contributed by atoms with van der Waals surface area (Å²) in [5.74, 6) is 1.77. The molecule has 2 aromatic rings. The Kier molecular flexibility index (Phi) is 3.93. The van der Waals surface area contributed by atoms with Crippen molar-refractivity contribution in [1.29, 1.82) is 0 Å². The fourth-order valence-electron chi connectivity index (χ4n) is 1.46. The number of phenolic OH excluding ortho intramolecular Hbond substituents is 1. The zero-order valence-corrected chi connectivity index (χ0v) is 11.1. The predicted molar refractivity (Wildman–Crippen MR) is 76.6 cm³/mol. The second-order valence-electron chi connectivity index (χ2n) is 3.84. The molecule has 19 heavy (non-hydrogen) atoms. The van der Waals surface area contributed by atoms with Crippen LogP contribution in [0.15, 0.2) is 67.0 Å². The number of para-hydroxylation sites is 1. The van der Waals surface area contributed by atoms with Crippen LogP contribution >= 0.6 is 7.52 Å². The second kappa shape index (κ2) is 5.63. The topological polar surface area (TPSA) is 58.6 Å². The van der Waals surface area contributed by atoms with Gasteiger partial charge in [0.2, 0.25) is 0 Å². The van der Waals surface area contributed by atoms with E-state index in [1.807, 2.05) is 18.2 Å². The van der Waals surface area contributed by atoms with Gasteiger partial charge in [-0.05, 0) is 36.4 Å². The third-order valence-corrected chi connectivity index (χ3v) is 3.91. The van der Waals surface area contributed by atoms with Gasteiger partial charge < -0.3 is 14.7 Å². The quantitative estimate of drug-likeness (QED) is 0.802. The average Bonchev–Trinajstić information content (AvgIpc) is 2.42. The van der Waals surface area contributed by atoms with Gasteiger partial charge >= 0.3 is 7.52 Å². The lowest BCUT2D eigenvalue weighted by molar-refractivity contribution is 0.471. The average molecular weight is 275 g/mol. The van der Waals surface area contributed by atoms with Crippen LogP contribution in [0.25, 0.3) is 0 Å². The van der Waals surface area contributed by atoms with Gasteiger partial charge in [0.25, 0.3) is 0 Å². The van der Waals surface area contributed by atoms with Crippen molar-refractivity contribution in [1.82, 2.24) is 0 Å². The van der Waals surface area contributed by atoms with Gasteiger partial charge in [0.15, 0.2) is 0 Å². The summed E-state index contributed by atoms with van der Waals surface area (Å²) in [6.45, 7) is 3.54. The van der Waals surface area contributed by atoms with E-state index in [0.29, 0.717) is 11.4 Å². The minimum Gasteiger partial charge on any atom is -0.508 e. The van der Waals surface area contributed by atoms with Gasteiger partial charge in [-0.3, -0.25) is 0 Å². The van der Waals surface area contributed by atoms with Gasteiger partial charge in [0.1, 0.15) is 11.5 Å². The molecule has 98 valence electrons. The maximum absolute atomic E-state index is 12.5. The Morgan fingerprint density at radius 1 is 1.11 bits per heavy atom. The van der Waals surface area contributed by atoms with Gasteiger partial charge in [-0.2, -0.15) is 0 Å². The third kappa shape index (κ3) is 3.63. The van der Waals surface area contributed by atoms with Crippen LogP contribution in [-0.2, 0) is 4.57 Å². The van der Waals surface area contributed by atoms with Gasteiger partial charge in [-0.1, -0.05) is 24.8 Å². The molecule has 2 N–H and O–H groups in total. The van der Waals surface area contributed by atoms with Crippen LogP contribution in [0.4, 0.5) is 5.69 Å². The molecule has 0 spiro atoms. The summed E-state index contributed by atoms with van der Waals surface area (Å²) in [5, 5.41) is 12.0. The molecule has 0 amide bonds. The summed E-state index contributed by atoms with van der Waals surface area (Å²) in [5.41, 5.74) is 0.685. The first kappa shape index (κ1) is 13.2. The first-order valence-electron chi connectivity index (χ1n) is 5.66. The molecule has 2 aromatic carbocycles. The number of rotatable bonds is 5. The van der Waals surface area contributed by atoms with E-state index in [0.717, 1.165) is 0 Å². The summed E-state index contributed by atoms with van der Waals surface area (Å²) in [6, 6.07) is 15.1. The molecule has 1 unspecified atom stereocenters. The molecule has 2 rings (SSSR count). The second-order valence-corrected chi connectivity index (χ2v) is 5.81. The lowest BCUT2D eigenvalue weighted by Crippen LogP contribution is -2.01. The minimum absolute atomic E-state index is 0.122. The van der Waals surface area contributed by atoms with Crippen molar-refractivity contribution in [2.45, 2.75) is 0 Å². The van der Waals surface area contributed by atoms with Crippen molar-refractivity contribution in [2.24, 2.45) is 0 Å². The van der Waals surface area contributed by atoms with Crippen LogP contribution in [0.2, 0.25) is 0 Å². The number of hydrogen-bond donors (Lipinski definition) is 2. The summed E-state index contributed by atoms with van der Waals surface area (Å²) in [6.07, 6.45) is 0. The highest BCUT2D eigenvalue weighted by atomic mass is 31.2. The number of hydrogen-bond acceptors (Lipinski definition) is 3. The van der Waals surface area contributed by atoms with Crippen LogP contribution in [0.5, 0.6) is 11.5 Å². The molecule has 0 aromatic heterocycles. The van der Waals surface area contributed by atoms with Crippen molar-refractivity contribution in [3.8, 4) is 11.5 Å². The summed E-state index contributed by atoms with van der Waals surface area (Å²) >= 11 is 0. The standard InChI is InChI=1S/C14H14NO3P/c1-2-19(17,15-12-6-4-3-5-7-12)18-14-10-8-13(16)9-11-14/h2-11,16H,1H2,(H,15,17). The summed E-state index contributed by atoms with van der Waals surface area (Å²) in [7, 11) is -3.23. The molecular formula is C14H14NO3P. The van der Waals surface area contributed by atoms with Crippen molar-refractivity contribution < 1.29 is 14.2 Å². The highest BCUT2D eigenvalue weighted by molar-refractivity contribution is 7.64. The number of aromatic hydroxyl groups is 1. The van der Waals surface area contributed by atoms with E-state index in [4.69, 9.17) is 4.52 Å². The Labute approximate surface area is 111 Å². The van der Waals surface area contributed by atoms with Crippen LogP contribution in [0, 0.1) is 0 Å². The van der Waals surface area contributed by atoms with Crippen molar-refractivity contribution >= 4 is 13.2 Å². The molecule has 1 atom stereocenters. The molecule has 0 heterocycles. The molecule has 5 heteroatoms. The molecular weight excluding hydrogens is 261 g/mol. The fraction of sp³-hybridized carbons (Fsp3) is 0. The number of nitrogens with one attached hydrogen (secondary N) is 1. The Balaban J connectivity index is 2.16. The van der Waals surface area contributed by atoms with Gasteiger partial charge in [-0.15, -0.1) is 0 Å². The van der Waals surface area contributed by atoms with E-state index < -0.39 is 7.52 Å². The predicted octanol–water partition coefficient (Wildman–Crippen LogP) is 4.22. The monoisotopic (exact) mass is 275 g/mol. The smallest absolute Gasteiger partial charge is 0.363 e.